The molecular weight excluding hydrogens is 615 g/mol. The van der Waals surface area contributed by atoms with E-state index in [4.69, 9.17) is 32.9 Å². The van der Waals surface area contributed by atoms with Crippen molar-refractivity contribution in [3.63, 3.8) is 0 Å². The average molecular weight is 652 g/mol. The van der Waals surface area contributed by atoms with E-state index in [1.54, 1.807) is 29.2 Å². The average Bonchev–Trinajstić information content (AvgIpc) is 3.38. The molecule has 2 heterocycles. The quantitative estimate of drug-likeness (QED) is 0.311. The molecular formula is C34H36Cl2N4O5. The van der Waals surface area contributed by atoms with Gasteiger partial charge in [-0.05, 0) is 65.4 Å². The lowest BCUT2D eigenvalue weighted by Crippen LogP contribution is -2.57. The number of aliphatic carboxylic acids is 1. The first-order chi connectivity index (χ1) is 21.4. The first-order valence-electron chi connectivity index (χ1n) is 14.8. The highest BCUT2D eigenvalue weighted by molar-refractivity contribution is 6.30. The van der Waals surface area contributed by atoms with Crippen LogP contribution in [0.15, 0.2) is 71.7 Å². The third kappa shape index (κ3) is 6.94. The Hall–Kier alpha value is -4.08. The van der Waals surface area contributed by atoms with Gasteiger partial charge >= 0.3 is 12.0 Å². The molecule has 3 aromatic rings. The zero-order valence-electron chi connectivity index (χ0n) is 25.7. The molecule has 3 aromatic carbocycles. The van der Waals surface area contributed by atoms with E-state index in [1.807, 2.05) is 49.4 Å². The molecule has 0 aromatic heterocycles. The van der Waals surface area contributed by atoms with E-state index in [9.17, 15) is 19.5 Å². The lowest BCUT2D eigenvalue weighted by atomic mass is 9.86. The lowest BCUT2D eigenvalue weighted by molar-refractivity contribution is -0.146. The molecule has 1 N–H and O–H groups in total. The highest BCUT2D eigenvalue weighted by Gasteiger charge is 2.45. The molecule has 2 aliphatic rings. The number of carboxylic acids is 1. The van der Waals surface area contributed by atoms with Crippen LogP contribution in [0.1, 0.15) is 62.0 Å². The highest BCUT2D eigenvalue weighted by Crippen LogP contribution is 2.46. The Morgan fingerprint density at radius 1 is 0.956 bits per heavy atom. The van der Waals surface area contributed by atoms with Gasteiger partial charge < -0.3 is 19.6 Å². The molecule has 1 saturated heterocycles. The molecule has 11 heteroatoms. The standard InChI is InChI=1S/C34H36Cl2N4O5/c1-5-45-27-18-23(34(2,3)4)10-15-26(27)32-37-30(21-6-11-24(35)12-7-21)31(22-8-13-25(36)14-9-22)40(32)33(44)39-17-16-38(20-29(42)43)28(41)19-39/h6-15,18,30-31H,5,16-17,19-20H2,1-4H3,(H,42,43). The molecule has 2 unspecified atom stereocenters. The molecule has 1 fully saturated rings. The van der Waals surface area contributed by atoms with Crippen molar-refractivity contribution >= 4 is 46.9 Å². The maximum atomic E-state index is 14.6. The van der Waals surface area contributed by atoms with Crippen molar-refractivity contribution in [3.8, 4) is 5.75 Å². The number of benzene rings is 3. The van der Waals surface area contributed by atoms with E-state index < -0.39 is 36.5 Å². The van der Waals surface area contributed by atoms with Crippen LogP contribution < -0.4 is 4.74 Å². The Balaban J connectivity index is 1.66. The van der Waals surface area contributed by atoms with Crippen molar-refractivity contribution in [1.29, 1.82) is 0 Å². The molecule has 3 amide bonds. The van der Waals surface area contributed by atoms with Gasteiger partial charge in [-0.2, -0.15) is 0 Å². The summed E-state index contributed by atoms with van der Waals surface area (Å²) in [4.78, 5) is 48.4. The second kappa shape index (κ2) is 13.1. The van der Waals surface area contributed by atoms with Gasteiger partial charge in [0.2, 0.25) is 5.91 Å². The second-order valence-electron chi connectivity index (χ2n) is 12.1. The van der Waals surface area contributed by atoms with Crippen molar-refractivity contribution in [2.24, 2.45) is 4.99 Å². The summed E-state index contributed by atoms with van der Waals surface area (Å²) >= 11 is 12.5. The molecule has 9 nitrogen and oxygen atoms in total. The summed E-state index contributed by atoms with van der Waals surface area (Å²) in [7, 11) is 0. The number of hydrogen-bond acceptors (Lipinski definition) is 5. The number of carbonyl (C=O) groups excluding carboxylic acids is 2. The Labute approximate surface area is 273 Å². The molecule has 0 bridgehead atoms. The monoisotopic (exact) mass is 650 g/mol. The molecule has 2 aliphatic heterocycles. The molecule has 5 rings (SSSR count). The van der Waals surface area contributed by atoms with Gasteiger partial charge in [0, 0.05) is 23.1 Å². The van der Waals surface area contributed by atoms with Crippen molar-refractivity contribution in [2.75, 3.05) is 32.8 Å². The fourth-order valence-electron chi connectivity index (χ4n) is 5.66. The number of aliphatic imine (C=N–C) groups is 1. The summed E-state index contributed by atoms with van der Waals surface area (Å²) in [6, 6.07) is 19.1. The van der Waals surface area contributed by atoms with Gasteiger partial charge in [-0.1, -0.05) is 74.3 Å². The number of rotatable bonds is 7. The predicted octanol–water partition coefficient (Wildman–Crippen LogP) is 6.58. The molecule has 45 heavy (non-hydrogen) atoms. The van der Waals surface area contributed by atoms with E-state index in [2.05, 4.69) is 20.8 Å². The van der Waals surface area contributed by atoms with E-state index in [-0.39, 0.29) is 25.0 Å². The lowest BCUT2D eigenvalue weighted by Gasteiger charge is -2.38. The van der Waals surface area contributed by atoms with Gasteiger partial charge in [0.1, 0.15) is 30.7 Å². The first-order valence-corrected chi connectivity index (χ1v) is 15.6. The summed E-state index contributed by atoms with van der Waals surface area (Å²) in [6.45, 7) is 8.27. The number of amides is 3. The number of nitrogens with zero attached hydrogens (tertiary/aromatic N) is 4. The highest BCUT2D eigenvalue weighted by atomic mass is 35.5. The number of carboxylic acid groups (broad SMARTS) is 1. The molecule has 236 valence electrons. The van der Waals surface area contributed by atoms with E-state index in [0.717, 1.165) is 16.7 Å². The summed E-state index contributed by atoms with van der Waals surface area (Å²) in [5.74, 6) is -0.538. The number of piperazine rings is 1. The molecule has 0 aliphatic carbocycles. The van der Waals surface area contributed by atoms with Crippen LogP contribution in [0.5, 0.6) is 5.75 Å². The summed E-state index contributed by atoms with van der Waals surface area (Å²) in [5.41, 5.74) is 3.20. The van der Waals surface area contributed by atoms with Gasteiger partial charge in [0.25, 0.3) is 0 Å². The molecule has 0 spiro atoms. The van der Waals surface area contributed by atoms with Crippen molar-refractivity contribution in [2.45, 2.75) is 45.2 Å². The van der Waals surface area contributed by atoms with Crippen LogP contribution in [0.2, 0.25) is 10.0 Å². The Morgan fingerprint density at radius 2 is 1.58 bits per heavy atom. The maximum absolute atomic E-state index is 14.6. The topological polar surface area (TPSA) is 103 Å². The smallest absolute Gasteiger partial charge is 0.326 e. The van der Waals surface area contributed by atoms with Gasteiger partial charge in [-0.15, -0.1) is 0 Å². The van der Waals surface area contributed by atoms with Gasteiger partial charge in [-0.3, -0.25) is 19.5 Å². The van der Waals surface area contributed by atoms with Crippen molar-refractivity contribution in [1.82, 2.24) is 14.7 Å². The second-order valence-corrected chi connectivity index (χ2v) is 13.0. The van der Waals surface area contributed by atoms with Crippen molar-refractivity contribution in [3.05, 3.63) is 99.0 Å². The largest absolute Gasteiger partial charge is 0.493 e. The van der Waals surface area contributed by atoms with E-state index in [0.29, 0.717) is 33.8 Å². The van der Waals surface area contributed by atoms with E-state index in [1.165, 1.54) is 9.80 Å². The maximum Gasteiger partial charge on any atom is 0.326 e. The van der Waals surface area contributed by atoms with Gasteiger partial charge in [-0.25, -0.2) is 4.79 Å². The van der Waals surface area contributed by atoms with E-state index >= 15 is 0 Å². The van der Waals surface area contributed by atoms with Crippen LogP contribution in [0.4, 0.5) is 4.79 Å². The molecule has 2 atom stereocenters. The molecule has 0 radical (unpaired) electrons. The summed E-state index contributed by atoms with van der Waals surface area (Å²) < 4.78 is 6.16. The number of carbonyl (C=O) groups is 3. The number of halogens is 2. The van der Waals surface area contributed by atoms with Crippen LogP contribution in [0.3, 0.4) is 0 Å². The van der Waals surface area contributed by atoms with Crippen LogP contribution in [-0.2, 0) is 15.0 Å². The van der Waals surface area contributed by atoms with Gasteiger partial charge in [0.05, 0.1) is 18.2 Å². The van der Waals surface area contributed by atoms with Crippen LogP contribution in [-0.4, -0.2) is 76.3 Å². The Bertz CT molecular complexity index is 1620. The third-order valence-corrected chi connectivity index (χ3v) is 8.50. The van der Waals surface area contributed by atoms with Crippen molar-refractivity contribution < 1.29 is 24.2 Å². The fourth-order valence-corrected chi connectivity index (χ4v) is 5.91. The Morgan fingerprint density at radius 3 is 2.13 bits per heavy atom. The zero-order chi connectivity index (χ0) is 32.5. The predicted molar refractivity (Wildman–Crippen MR) is 174 cm³/mol. The Kier molecular flexibility index (Phi) is 9.41. The van der Waals surface area contributed by atoms with Crippen LogP contribution in [0, 0.1) is 0 Å². The number of ether oxygens (including phenoxy) is 1. The SMILES string of the molecule is CCOc1cc(C(C)(C)C)ccc1C1=NC(c2ccc(Cl)cc2)C(c2ccc(Cl)cc2)N1C(=O)N1CCN(CC(=O)O)C(=O)C1. The fraction of sp³-hybridized carbons (Fsp3) is 0.353. The minimum absolute atomic E-state index is 0.105. The molecule has 0 saturated carbocycles. The number of amidine groups is 1. The third-order valence-electron chi connectivity index (χ3n) is 8.00. The minimum atomic E-state index is -1.10. The number of hydrogen-bond donors (Lipinski definition) is 1. The normalized spacial score (nSPS) is 18.7. The summed E-state index contributed by atoms with van der Waals surface area (Å²) in [6.07, 6.45) is 0. The summed E-state index contributed by atoms with van der Waals surface area (Å²) in [5, 5.41) is 10.4. The van der Waals surface area contributed by atoms with Gasteiger partial charge in [0.15, 0.2) is 0 Å². The first kappa shape index (κ1) is 32.3. The number of urea groups is 1. The van der Waals surface area contributed by atoms with Crippen LogP contribution in [0.25, 0.3) is 0 Å². The zero-order valence-corrected chi connectivity index (χ0v) is 27.2. The minimum Gasteiger partial charge on any atom is -0.493 e. The van der Waals surface area contributed by atoms with Crippen LogP contribution >= 0.6 is 23.2 Å².